The number of hydrogen-bond donors (Lipinski definition) is 1. The number of benzene rings is 2. The molecule has 0 radical (unpaired) electrons. The quantitative estimate of drug-likeness (QED) is 0.870. The minimum absolute atomic E-state index is 0.242. The van der Waals surface area contributed by atoms with Gasteiger partial charge in [0.2, 0.25) is 0 Å². The molecule has 0 fully saturated rings. The predicted octanol–water partition coefficient (Wildman–Crippen LogP) is 2.93. The molecule has 0 saturated carbocycles. The van der Waals surface area contributed by atoms with Crippen molar-refractivity contribution in [3.63, 3.8) is 0 Å². The molecule has 18 heavy (non-hydrogen) atoms. The molecule has 1 aliphatic heterocycles. The van der Waals surface area contributed by atoms with E-state index in [-0.39, 0.29) is 6.04 Å². The van der Waals surface area contributed by atoms with Gasteiger partial charge in [0.15, 0.2) is 0 Å². The number of nitrogens with one attached hydrogen (secondary N) is 1. The first-order valence-corrected chi connectivity index (χ1v) is 6.34. The minimum Gasteiger partial charge on any atom is -0.496 e. The summed E-state index contributed by atoms with van der Waals surface area (Å²) in [6.07, 6.45) is 1.10. The fourth-order valence-electron chi connectivity index (χ4n) is 2.69. The van der Waals surface area contributed by atoms with Gasteiger partial charge in [-0.15, -0.1) is 0 Å². The maximum Gasteiger partial charge on any atom is 0.123 e. The summed E-state index contributed by atoms with van der Waals surface area (Å²) in [6, 6.07) is 17.1. The Balaban J connectivity index is 2.08. The number of fused-ring (bicyclic) bond motifs is 1. The molecular formula is C16H17NO. The van der Waals surface area contributed by atoms with Crippen molar-refractivity contribution in [3.8, 4) is 5.75 Å². The highest BCUT2D eigenvalue weighted by Crippen LogP contribution is 2.33. The van der Waals surface area contributed by atoms with Gasteiger partial charge < -0.3 is 10.1 Å². The number of ether oxygens (including phenoxy) is 1. The van der Waals surface area contributed by atoms with Crippen LogP contribution >= 0.6 is 0 Å². The summed E-state index contributed by atoms with van der Waals surface area (Å²) in [6.45, 7) is 1.01. The Morgan fingerprint density at radius 3 is 2.56 bits per heavy atom. The van der Waals surface area contributed by atoms with Gasteiger partial charge in [-0.1, -0.05) is 42.5 Å². The average Bonchev–Trinajstić information content (AvgIpc) is 2.46. The van der Waals surface area contributed by atoms with Gasteiger partial charge in [0.05, 0.1) is 13.2 Å². The Labute approximate surface area is 108 Å². The van der Waals surface area contributed by atoms with E-state index in [1.54, 1.807) is 7.11 Å². The molecule has 1 atom stereocenters. The molecule has 0 spiro atoms. The molecule has 3 rings (SSSR count). The molecule has 0 bridgehead atoms. The zero-order valence-corrected chi connectivity index (χ0v) is 10.5. The highest BCUT2D eigenvalue weighted by Gasteiger charge is 2.22. The van der Waals surface area contributed by atoms with Crippen LogP contribution in [0.3, 0.4) is 0 Å². The van der Waals surface area contributed by atoms with Crippen LogP contribution in [0, 0.1) is 0 Å². The highest BCUT2D eigenvalue weighted by molar-refractivity contribution is 5.45. The van der Waals surface area contributed by atoms with Crippen LogP contribution in [0.15, 0.2) is 48.5 Å². The monoisotopic (exact) mass is 239 g/mol. The Morgan fingerprint density at radius 1 is 1.00 bits per heavy atom. The van der Waals surface area contributed by atoms with Gasteiger partial charge in [0.1, 0.15) is 5.75 Å². The summed E-state index contributed by atoms with van der Waals surface area (Å²) in [5.41, 5.74) is 4.02. The summed E-state index contributed by atoms with van der Waals surface area (Å²) in [5.74, 6) is 0.951. The summed E-state index contributed by atoms with van der Waals surface area (Å²) in [4.78, 5) is 0. The van der Waals surface area contributed by atoms with E-state index in [9.17, 15) is 0 Å². The second-order valence-electron chi connectivity index (χ2n) is 4.58. The Bertz CT molecular complexity index is 550. The molecule has 2 nitrogen and oxygen atoms in total. The lowest BCUT2D eigenvalue weighted by atomic mass is 9.89. The van der Waals surface area contributed by atoms with Gasteiger partial charge >= 0.3 is 0 Å². The SMILES string of the molecule is COc1ccccc1[C@H]1NCCc2ccccc21. The molecule has 0 aliphatic carbocycles. The van der Waals surface area contributed by atoms with Crippen LogP contribution in [0.5, 0.6) is 5.75 Å². The first-order valence-electron chi connectivity index (χ1n) is 6.34. The van der Waals surface area contributed by atoms with Crippen molar-refractivity contribution in [1.82, 2.24) is 5.32 Å². The third kappa shape index (κ3) is 1.89. The minimum atomic E-state index is 0.242. The van der Waals surface area contributed by atoms with Crippen LogP contribution < -0.4 is 10.1 Å². The van der Waals surface area contributed by atoms with E-state index in [1.807, 2.05) is 12.1 Å². The van der Waals surface area contributed by atoms with E-state index in [0.717, 1.165) is 18.7 Å². The molecule has 0 saturated heterocycles. The van der Waals surface area contributed by atoms with Gasteiger partial charge in [-0.25, -0.2) is 0 Å². The lowest BCUT2D eigenvalue weighted by Gasteiger charge is -2.28. The molecule has 2 heteroatoms. The second kappa shape index (κ2) is 4.83. The van der Waals surface area contributed by atoms with Crippen LogP contribution in [0.2, 0.25) is 0 Å². The topological polar surface area (TPSA) is 21.3 Å². The second-order valence-corrected chi connectivity index (χ2v) is 4.58. The van der Waals surface area contributed by atoms with E-state index in [2.05, 4.69) is 41.7 Å². The van der Waals surface area contributed by atoms with Gasteiger partial charge in [0, 0.05) is 12.1 Å². The Morgan fingerprint density at radius 2 is 1.72 bits per heavy atom. The Kier molecular flexibility index (Phi) is 3.03. The highest BCUT2D eigenvalue weighted by atomic mass is 16.5. The van der Waals surface area contributed by atoms with E-state index < -0.39 is 0 Å². The summed E-state index contributed by atoms with van der Waals surface area (Å²) >= 11 is 0. The lowest BCUT2D eigenvalue weighted by Crippen LogP contribution is -2.30. The average molecular weight is 239 g/mol. The van der Waals surface area contributed by atoms with Gasteiger partial charge in [-0.2, -0.15) is 0 Å². The van der Waals surface area contributed by atoms with Crippen molar-refractivity contribution in [2.24, 2.45) is 0 Å². The van der Waals surface area contributed by atoms with E-state index in [1.165, 1.54) is 16.7 Å². The van der Waals surface area contributed by atoms with Gasteiger partial charge in [0.25, 0.3) is 0 Å². The molecule has 1 heterocycles. The molecule has 0 unspecified atom stereocenters. The van der Waals surface area contributed by atoms with Crippen LogP contribution in [-0.2, 0) is 6.42 Å². The molecule has 1 N–H and O–H groups in total. The normalized spacial score (nSPS) is 18.2. The fourth-order valence-corrected chi connectivity index (χ4v) is 2.69. The number of hydrogen-bond acceptors (Lipinski definition) is 2. The van der Waals surface area contributed by atoms with Crippen molar-refractivity contribution in [2.75, 3.05) is 13.7 Å². The van der Waals surface area contributed by atoms with Gasteiger partial charge in [-0.3, -0.25) is 0 Å². The fraction of sp³-hybridized carbons (Fsp3) is 0.250. The summed E-state index contributed by atoms with van der Waals surface area (Å²) in [5, 5.41) is 3.59. The van der Waals surface area contributed by atoms with Crippen LogP contribution in [0.1, 0.15) is 22.7 Å². The predicted molar refractivity (Wildman–Crippen MR) is 73.0 cm³/mol. The van der Waals surface area contributed by atoms with Crippen molar-refractivity contribution in [2.45, 2.75) is 12.5 Å². The molecular weight excluding hydrogens is 222 g/mol. The zero-order chi connectivity index (χ0) is 12.4. The zero-order valence-electron chi connectivity index (χ0n) is 10.5. The largest absolute Gasteiger partial charge is 0.496 e. The number of rotatable bonds is 2. The molecule has 2 aromatic rings. The molecule has 0 aromatic heterocycles. The summed E-state index contributed by atoms with van der Waals surface area (Å²) in [7, 11) is 1.73. The maximum atomic E-state index is 5.47. The molecule has 1 aliphatic rings. The number of para-hydroxylation sites is 1. The van der Waals surface area contributed by atoms with Crippen molar-refractivity contribution < 1.29 is 4.74 Å². The van der Waals surface area contributed by atoms with Crippen LogP contribution in [0.4, 0.5) is 0 Å². The van der Waals surface area contributed by atoms with Crippen molar-refractivity contribution in [1.29, 1.82) is 0 Å². The van der Waals surface area contributed by atoms with Crippen molar-refractivity contribution >= 4 is 0 Å². The Hall–Kier alpha value is -1.80. The van der Waals surface area contributed by atoms with Crippen molar-refractivity contribution in [3.05, 3.63) is 65.2 Å². The first kappa shape index (κ1) is 11.3. The standard InChI is InChI=1S/C16H17NO/c1-18-15-9-5-4-8-14(15)16-13-7-3-2-6-12(13)10-11-17-16/h2-9,16-17H,10-11H2,1H3/t16-/m0/s1. The van der Waals surface area contributed by atoms with E-state index in [4.69, 9.17) is 4.74 Å². The lowest BCUT2D eigenvalue weighted by molar-refractivity contribution is 0.402. The molecule has 0 amide bonds. The first-order chi connectivity index (χ1) is 8.90. The third-order valence-electron chi connectivity index (χ3n) is 3.56. The summed E-state index contributed by atoms with van der Waals surface area (Å²) < 4.78 is 5.47. The third-order valence-corrected chi connectivity index (χ3v) is 3.56. The number of methoxy groups -OCH3 is 1. The molecule has 92 valence electrons. The van der Waals surface area contributed by atoms with E-state index in [0.29, 0.717) is 0 Å². The van der Waals surface area contributed by atoms with Crippen LogP contribution in [0.25, 0.3) is 0 Å². The van der Waals surface area contributed by atoms with E-state index >= 15 is 0 Å². The smallest absolute Gasteiger partial charge is 0.123 e. The van der Waals surface area contributed by atoms with Gasteiger partial charge in [-0.05, 0) is 23.6 Å². The molecule has 2 aromatic carbocycles. The van der Waals surface area contributed by atoms with Crippen LogP contribution in [-0.4, -0.2) is 13.7 Å². The maximum absolute atomic E-state index is 5.47.